The number of thiazole rings is 1. The lowest BCUT2D eigenvalue weighted by atomic mass is 10.2. The van der Waals surface area contributed by atoms with Crippen molar-refractivity contribution in [1.29, 1.82) is 0 Å². The predicted octanol–water partition coefficient (Wildman–Crippen LogP) is 4.25. The van der Waals surface area contributed by atoms with Crippen LogP contribution in [0.25, 0.3) is 10.2 Å². The summed E-state index contributed by atoms with van der Waals surface area (Å²) in [6.45, 7) is 3.60. The number of anilines is 2. The number of nitrogens with zero attached hydrogens (tertiary/aromatic N) is 5. The number of hydrogen-bond donors (Lipinski definition) is 0. The molecule has 2 aliphatic heterocycles. The lowest BCUT2D eigenvalue weighted by Gasteiger charge is -2.26. The molecule has 7 nitrogen and oxygen atoms in total. The van der Waals surface area contributed by atoms with Crippen molar-refractivity contribution in [2.75, 3.05) is 35.2 Å². The first-order chi connectivity index (χ1) is 16.6. The zero-order valence-corrected chi connectivity index (χ0v) is 20.6. The van der Waals surface area contributed by atoms with E-state index in [1.165, 1.54) is 11.3 Å². The van der Waals surface area contributed by atoms with Crippen molar-refractivity contribution in [2.24, 2.45) is 17.8 Å². The number of hydrogen-bond acceptors (Lipinski definition) is 8. The fourth-order valence-electron chi connectivity index (χ4n) is 5.48. The quantitative estimate of drug-likeness (QED) is 0.495. The third-order valence-electron chi connectivity index (χ3n) is 7.45. The van der Waals surface area contributed by atoms with E-state index in [1.54, 1.807) is 6.07 Å². The summed E-state index contributed by atoms with van der Waals surface area (Å²) < 4.78 is 67.7. The molecule has 35 heavy (non-hydrogen) atoms. The Labute approximate surface area is 204 Å². The lowest BCUT2D eigenvalue weighted by molar-refractivity contribution is -0.141. The van der Waals surface area contributed by atoms with Crippen molar-refractivity contribution in [2.45, 2.75) is 36.3 Å². The van der Waals surface area contributed by atoms with Crippen molar-refractivity contribution < 1.29 is 21.6 Å². The topological polar surface area (TPSA) is 79.3 Å². The molecule has 186 valence electrons. The first-order valence-electron chi connectivity index (χ1n) is 11.7. The second-order valence-electron chi connectivity index (χ2n) is 9.72. The molecule has 3 fully saturated rings. The molecule has 6 rings (SSSR count). The monoisotopic (exact) mass is 523 g/mol. The Hall–Kier alpha value is -2.47. The number of sulfone groups is 1. The van der Waals surface area contributed by atoms with E-state index in [1.807, 2.05) is 34.9 Å². The number of rotatable bonds is 5. The van der Waals surface area contributed by atoms with E-state index < -0.39 is 21.7 Å². The Morgan fingerprint density at radius 2 is 1.86 bits per heavy atom. The highest BCUT2D eigenvalue weighted by atomic mass is 32.2. The first-order valence-corrected chi connectivity index (χ1v) is 14.1. The summed E-state index contributed by atoms with van der Waals surface area (Å²) in [5.41, 5.74) is -0.266. The molecule has 1 aromatic carbocycles. The van der Waals surface area contributed by atoms with Crippen LogP contribution in [0, 0.1) is 17.8 Å². The Morgan fingerprint density at radius 1 is 1.11 bits per heavy atom. The highest BCUT2D eigenvalue weighted by molar-refractivity contribution is 7.93. The number of para-hydroxylation sites is 1. The van der Waals surface area contributed by atoms with Crippen LogP contribution in [0.4, 0.5) is 24.9 Å². The summed E-state index contributed by atoms with van der Waals surface area (Å²) in [7, 11) is -3.53. The Morgan fingerprint density at radius 3 is 2.51 bits per heavy atom. The molecular formula is C23H24F3N5O2S2. The second-order valence-corrected chi connectivity index (χ2v) is 13.0. The van der Waals surface area contributed by atoms with E-state index in [-0.39, 0.29) is 45.7 Å². The van der Waals surface area contributed by atoms with E-state index in [0.717, 1.165) is 23.6 Å². The van der Waals surface area contributed by atoms with Gasteiger partial charge in [0.2, 0.25) is 20.1 Å². The summed E-state index contributed by atoms with van der Waals surface area (Å²) >= 11 is 1.18. The minimum Gasteiger partial charge on any atom is -0.356 e. The van der Waals surface area contributed by atoms with Gasteiger partial charge in [-0.1, -0.05) is 12.1 Å². The molecule has 0 amide bonds. The standard InChI is InChI=1S/C23H24F3N5O2S2/c1-13-5-4-8-31(13)21-28-19(23(24,25)26)9-20(29-21)30-10-14-15(11-30)16(14)12-35(32,33)22-27-17-6-2-3-7-18(17)34-22/h2-3,6-7,9,13-16H,4-5,8,10-12H2,1H3/t13?,14-,15+,16?. The van der Waals surface area contributed by atoms with Crippen LogP contribution < -0.4 is 9.80 Å². The van der Waals surface area contributed by atoms with E-state index in [4.69, 9.17) is 0 Å². The Balaban J connectivity index is 1.18. The smallest absolute Gasteiger partial charge is 0.356 e. The minimum atomic E-state index is -4.56. The summed E-state index contributed by atoms with van der Waals surface area (Å²) in [6, 6.07) is 8.43. The molecule has 0 N–H and O–H groups in total. The normalized spacial score (nSPS) is 26.5. The van der Waals surface area contributed by atoms with Crippen LogP contribution in [0.5, 0.6) is 0 Å². The van der Waals surface area contributed by atoms with Crippen molar-refractivity contribution >= 4 is 43.2 Å². The van der Waals surface area contributed by atoms with Gasteiger partial charge in [0.15, 0.2) is 5.69 Å². The van der Waals surface area contributed by atoms with E-state index in [0.29, 0.717) is 25.2 Å². The second kappa shape index (κ2) is 8.02. The Kier molecular flexibility index (Phi) is 5.26. The van der Waals surface area contributed by atoms with Crippen LogP contribution in [-0.2, 0) is 16.0 Å². The van der Waals surface area contributed by atoms with Gasteiger partial charge in [0.05, 0.1) is 16.0 Å². The molecule has 2 saturated heterocycles. The number of alkyl halides is 3. The molecular weight excluding hydrogens is 499 g/mol. The molecule has 0 spiro atoms. The molecule has 2 aromatic heterocycles. The van der Waals surface area contributed by atoms with Gasteiger partial charge < -0.3 is 9.80 Å². The highest BCUT2D eigenvalue weighted by Crippen LogP contribution is 2.53. The fourth-order valence-corrected chi connectivity index (χ4v) is 8.54. The van der Waals surface area contributed by atoms with Gasteiger partial charge in [0, 0.05) is 31.7 Å². The first kappa shape index (κ1) is 23.0. The van der Waals surface area contributed by atoms with Crippen molar-refractivity contribution in [3.8, 4) is 0 Å². The number of piperidine rings is 1. The van der Waals surface area contributed by atoms with Gasteiger partial charge in [-0.25, -0.2) is 18.4 Å². The maximum absolute atomic E-state index is 13.6. The molecule has 0 bridgehead atoms. The molecule has 4 atom stereocenters. The maximum atomic E-state index is 13.6. The summed E-state index contributed by atoms with van der Waals surface area (Å²) in [4.78, 5) is 16.3. The molecule has 0 radical (unpaired) electrons. The van der Waals surface area contributed by atoms with Gasteiger partial charge in [-0.05, 0) is 49.7 Å². The molecule has 1 saturated carbocycles. The molecule has 3 aliphatic rings. The third-order valence-corrected chi connectivity index (χ3v) is 10.7. The summed E-state index contributed by atoms with van der Waals surface area (Å²) in [6.07, 6.45) is -2.77. The highest BCUT2D eigenvalue weighted by Gasteiger charge is 2.57. The Bertz CT molecular complexity index is 1350. The van der Waals surface area contributed by atoms with Gasteiger partial charge in [-0.3, -0.25) is 0 Å². The maximum Gasteiger partial charge on any atom is 0.433 e. The van der Waals surface area contributed by atoms with Gasteiger partial charge >= 0.3 is 6.18 Å². The average Bonchev–Trinajstić information content (AvgIpc) is 3.29. The van der Waals surface area contributed by atoms with E-state index in [2.05, 4.69) is 15.0 Å². The molecule has 2 unspecified atom stereocenters. The number of benzene rings is 1. The zero-order valence-electron chi connectivity index (χ0n) is 18.9. The third kappa shape index (κ3) is 4.14. The van der Waals surface area contributed by atoms with Crippen molar-refractivity contribution in [1.82, 2.24) is 15.0 Å². The number of halogens is 3. The van der Waals surface area contributed by atoms with Crippen LogP contribution in [0.15, 0.2) is 34.7 Å². The van der Waals surface area contributed by atoms with Gasteiger partial charge in [-0.2, -0.15) is 18.2 Å². The van der Waals surface area contributed by atoms with E-state index in [9.17, 15) is 21.6 Å². The molecule has 12 heteroatoms. The van der Waals surface area contributed by atoms with Crippen LogP contribution in [0.3, 0.4) is 0 Å². The lowest BCUT2D eigenvalue weighted by Crippen LogP contribution is -2.31. The van der Waals surface area contributed by atoms with Crippen LogP contribution in [0.2, 0.25) is 0 Å². The summed E-state index contributed by atoms with van der Waals surface area (Å²) in [5.74, 6) is 0.640. The van der Waals surface area contributed by atoms with Gasteiger partial charge in [0.25, 0.3) is 0 Å². The fraction of sp³-hybridized carbons (Fsp3) is 0.522. The van der Waals surface area contributed by atoms with E-state index >= 15 is 0 Å². The SMILES string of the molecule is CC1CCCN1c1nc(N2C[C@@H]3C(CS(=O)(=O)c4nc5ccccc5s4)[C@@H]3C2)cc(C(F)(F)F)n1. The predicted molar refractivity (Wildman–Crippen MR) is 127 cm³/mol. The summed E-state index contributed by atoms with van der Waals surface area (Å²) in [5, 5.41) is 0. The number of fused-ring (bicyclic) bond motifs is 2. The van der Waals surface area contributed by atoms with Crippen LogP contribution in [-0.4, -0.2) is 54.8 Å². The minimum absolute atomic E-state index is 0.00902. The van der Waals surface area contributed by atoms with Crippen LogP contribution in [0.1, 0.15) is 25.5 Å². The molecule has 3 aromatic rings. The van der Waals surface area contributed by atoms with Crippen LogP contribution >= 0.6 is 11.3 Å². The largest absolute Gasteiger partial charge is 0.433 e. The van der Waals surface area contributed by atoms with Gasteiger partial charge in [0.1, 0.15) is 5.82 Å². The molecule has 4 heterocycles. The van der Waals surface area contributed by atoms with Crippen molar-refractivity contribution in [3.63, 3.8) is 0 Å². The van der Waals surface area contributed by atoms with Crippen molar-refractivity contribution in [3.05, 3.63) is 36.0 Å². The van der Waals surface area contributed by atoms with Gasteiger partial charge in [-0.15, -0.1) is 11.3 Å². The molecule has 1 aliphatic carbocycles. The number of aromatic nitrogens is 3. The average molecular weight is 524 g/mol. The zero-order chi connectivity index (χ0) is 24.5.